The van der Waals surface area contributed by atoms with Crippen LogP contribution in [0.2, 0.25) is 0 Å². The second-order valence-corrected chi connectivity index (χ2v) is 4.80. The van der Waals surface area contributed by atoms with Crippen LogP contribution < -0.4 is 10.6 Å². The second kappa shape index (κ2) is 5.34. The van der Waals surface area contributed by atoms with E-state index in [1.54, 1.807) is 0 Å². The Bertz CT molecular complexity index is 299. The summed E-state index contributed by atoms with van der Waals surface area (Å²) >= 11 is 0. The van der Waals surface area contributed by atoms with Crippen LogP contribution in [-0.4, -0.2) is 30.6 Å². The lowest BCUT2D eigenvalue weighted by atomic mass is 9.94. The van der Waals surface area contributed by atoms with Crippen molar-refractivity contribution in [1.29, 1.82) is 0 Å². The Labute approximate surface area is 96.8 Å². The van der Waals surface area contributed by atoms with Crippen LogP contribution in [0.25, 0.3) is 0 Å². The molecule has 2 aliphatic heterocycles. The number of aliphatic hydroxyl groups is 1. The number of aliphatic hydroxyl groups excluding tert-OH is 1. The molecule has 2 unspecified atom stereocenters. The van der Waals surface area contributed by atoms with Gasteiger partial charge in [-0.3, -0.25) is 4.99 Å². The highest BCUT2D eigenvalue weighted by atomic mass is 16.3. The van der Waals surface area contributed by atoms with E-state index < -0.39 is 0 Å². The standard InChI is InChI=1S/C12H21N3O/c1-9-2-3-10-7-13-8-15-12(10)14-5-4-11(16)6-9/h7,9,11,14-16H,2-6,8H2,1H3. The van der Waals surface area contributed by atoms with Gasteiger partial charge in [-0.05, 0) is 31.6 Å². The molecular formula is C12H21N3O. The molecule has 2 rings (SSSR count). The first-order valence-corrected chi connectivity index (χ1v) is 6.14. The molecule has 0 aromatic carbocycles. The average Bonchev–Trinajstić information content (AvgIpc) is 2.27. The summed E-state index contributed by atoms with van der Waals surface area (Å²) in [6.45, 7) is 3.70. The molecule has 2 aliphatic rings. The van der Waals surface area contributed by atoms with Crippen LogP contribution in [0, 0.1) is 5.92 Å². The summed E-state index contributed by atoms with van der Waals surface area (Å²) < 4.78 is 0. The van der Waals surface area contributed by atoms with E-state index >= 15 is 0 Å². The Kier molecular flexibility index (Phi) is 3.83. The van der Waals surface area contributed by atoms with Crippen LogP contribution in [0.4, 0.5) is 0 Å². The summed E-state index contributed by atoms with van der Waals surface area (Å²) in [6, 6.07) is 0. The fourth-order valence-corrected chi connectivity index (χ4v) is 2.29. The highest BCUT2D eigenvalue weighted by molar-refractivity contribution is 5.80. The largest absolute Gasteiger partial charge is 0.393 e. The first-order valence-electron chi connectivity index (χ1n) is 6.14. The van der Waals surface area contributed by atoms with E-state index in [1.807, 2.05) is 6.21 Å². The molecule has 0 aromatic heterocycles. The molecule has 2 heterocycles. The van der Waals surface area contributed by atoms with Gasteiger partial charge >= 0.3 is 0 Å². The molecule has 0 aromatic rings. The predicted octanol–water partition coefficient (Wildman–Crippen LogP) is 0.990. The normalized spacial score (nSPS) is 31.4. The lowest BCUT2D eigenvalue weighted by molar-refractivity contribution is 0.134. The van der Waals surface area contributed by atoms with Gasteiger partial charge in [0, 0.05) is 18.3 Å². The van der Waals surface area contributed by atoms with Crippen molar-refractivity contribution in [1.82, 2.24) is 10.6 Å². The molecule has 0 radical (unpaired) electrons. The molecular weight excluding hydrogens is 202 g/mol. The van der Waals surface area contributed by atoms with Gasteiger partial charge in [-0.2, -0.15) is 0 Å². The van der Waals surface area contributed by atoms with Gasteiger partial charge in [-0.1, -0.05) is 6.92 Å². The van der Waals surface area contributed by atoms with Crippen LogP contribution in [0.1, 0.15) is 32.6 Å². The second-order valence-electron chi connectivity index (χ2n) is 4.80. The zero-order valence-corrected chi connectivity index (χ0v) is 9.87. The molecule has 0 amide bonds. The lowest BCUT2D eigenvalue weighted by Gasteiger charge is -2.24. The quantitative estimate of drug-likeness (QED) is 0.574. The van der Waals surface area contributed by atoms with Gasteiger partial charge < -0.3 is 15.7 Å². The minimum Gasteiger partial charge on any atom is -0.393 e. The smallest absolute Gasteiger partial charge is 0.108 e. The maximum atomic E-state index is 9.79. The molecule has 0 fully saturated rings. The number of nitrogens with zero attached hydrogens (tertiary/aromatic N) is 1. The Balaban J connectivity index is 2.06. The summed E-state index contributed by atoms with van der Waals surface area (Å²) in [5.74, 6) is 1.69. The first kappa shape index (κ1) is 11.5. The first-order chi connectivity index (χ1) is 7.75. The molecule has 3 N–H and O–H groups in total. The summed E-state index contributed by atoms with van der Waals surface area (Å²) in [6.07, 6.45) is 5.69. The number of allylic oxidation sites excluding steroid dienone is 1. The topological polar surface area (TPSA) is 56.6 Å². The molecule has 2 atom stereocenters. The van der Waals surface area contributed by atoms with E-state index in [-0.39, 0.29) is 6.10 Å². The lowest BCUT2D eigenvalue weighted by Crippen LogP contribution is -2.34. The van der Waals surface area contributed by atoms with Crippen LogP contribution in [-0.2, 0) is 0 Å². The molecule has 0 spiro atoms. The van der Waals surface area contributed by atoms with E-state index in [0.29, 0.717) is 12.6 Å². The zero-order chi connectivity index (χ0) is 11.4. The van der Waals surface area contributed by atoms with Crippen molar-refractivity contribution in [3.05, 3.63) is 11.4 Å². The zero-order valence-electron chi connectivity index (χ0n) is 9.87. The van der Waals surface area contributed by atoms with Gasteiger partial charge in [0.05, 0.1) is 6.10 Å². The average molecular weight is 223 g/mol. The molecule has 16 heavy (non-hydrogen) atoms. The number of rotatable bonds is 0. The highest BCUT2D eigenvalue weighted by Crippen LogP contribution is 2.20. The number of aliphatic imine (C=N–C) groups is 1. The molecule has 0 aliphatic carbocycles. The SMILES string of the molecule is CC1CCC2=C(NCCC(O)C1)NCN=C2. The third-order valence-corrected chi connectivity index (χ3v) is 3.28. The summed E-state index contributed by atoms with van der Waals surface area (Å²) in [5.41, 5.74) is 1.27. The van der Waals surface area contributed by atoms with Crippen molar-refractivity contribution >= 4 is 6.21 Å². The van der Waals surface area contributed by atoms with Crippen molar-refractivity contribution < 1.29 is 5.11 Å². The molecule has 0 bridgehead atoms. The number of hydrogen-bond donors (Lipinski definition) is 3. The van der Waals surface area contributed by atoms with Crippen molar-refractivity contribution in [2.45, 2.75) is 38.7 Å². The maximum Gasteiger partial charge on any atom is 0.108 e. The van der Waals surface area contributed by atoms with Crippen LogP contribution in [0.3, 0.4) is 0 Å². The fourth-order valence-electron chi connectivity index (χ4n) is 2.29. The van der Waals surface area contributed by atoms with Crippen LogP contribution in [0.15, 0.2) is 16.4 Å². The molecule has 4 heteroatoms. The minimum absolute atomic E-state index is 0.165. The molecule has 0 saturated heterocycles. The van der Waals surface area contributed by atoms with Gasteiger partial charge in [0.2, 0.25) is 0 Å². The third kappa shape index (κ3) is 2.98. The van der Waals surface area contributed by atoms with E-state index in [2.05, 4.69) is 22.5 Å². The Hall–Kier alpha value is -1.03. The Morgan fingerprint density at radius 2 is 2.25 bits per heavy atom. The van der Waals surface area contributed by atoms with Crippen molar-refractivity contribution in [3.8, 4) is 0 Å². The Morgan fingerprint density at radius 1 is 1.38 bits per heavy atom. The van der Waals surface area contributed by atoms with E-state index in [4.69, 9.17) is 0 Å². The van der Waals surface area contributed by atoms with Gasteiger partial charge in [0.15, 0.2) is 0 Å². The van der Waals surface area contributed by atoms with E-state index in [0.717, 1.165) is 38.0 Å². The van der Waals surface area contributed by atoms with Crippen molar-refractivity contribution in [2.24, 2.45) is 10.9 Å². The van der Waals surface area contributed by atoms with Crippen molar-refractivity contribution in [2.75, 3.05) is 13.2 Å². The number of nitrogens with one attached hydrogen (secondary N) is 2. The van der Waals surface area contributed by atoms with Gasteiger partial charge in [-0.25, -0.2) is 0 Å². The van der Waals surface area contributed by atoms with Crippen LogP contribution >= 0.6 is 0 Å². The maximum absolute atomic E-state index is 9.79. The highest BCUT2D eigenvalue weighted by Gasteiger charge is 2.16. The van der Waals surface area contributed by atoms with Crippen molar-refractivity contribution in [3.63, 3.8) is 0 Å². The minimum atomic E-state index is -0.165. The summed E-state index contributed by atoms with van der Waals surface area (Å²) in [4.78, 5) is 4.24. The third-order valence-electron chi connectivity index (χ3n) is 3.28. The predicted molar refractivity (Wildman–Crippen MR) is 65.2 cm³/mol. The molecule has 4 nitrogen and oxygen atoms in total. The monoisotopic (exact) mass is 223 g/mol. The molecule has 0 saturated carbocycles. The molecule has 90 valence electrons. The fraction of sp³-hybridized carbons (Fsp3) is 0.750. The summed E-state index contributed by atoms with van der Waals surface area (Å²) in [5, 5.41) is 16.4. The van der Waals surface area contributed by atoms with E-state index in [1.165, 1.54) is 5.57 Å². The Morgan fingerprint density at radius 3 is 3.12 bits per heavy atom. The van der Waals surface area contributed by atoms with Gasteiger partial charge in [0.25, 0.3) is 0 Å². The van der Waals surface area contributed by atoms with Gasteiger partial charge in [-0.15, -0.1) is 0 Å². The van der Waals surface area contributed by atoms with Gasteiger partial charge in [0.1, 0.15) is 12.5 Å². The van der Waals surface area contributed by atoms with E-state index in [9.17, 15) is 5.11 Å². The number of hydrogen-bond acceptors (Lipinski definition) is 4. The van der Waals surface area contributed by atoms with Crippen LogP contribution in [0.5, 0.6) is 0 Å². The summed E-state index contributed by atoms with van der Waals surface area (Å²) in [7, 11) is 0.